The van der Waals surface area contributed by atoms with Crippen molar-refractivity contribution in [2.75, 3.05) is 0 Å². The molecule has 0 atom stereocenters. The first-order valence-corrected chi connectivity index (χ1v) is 9.28. The van der Waals surface area contributed by atoms with E-state index in [1.165, 1.54) is 10.8 Å². The molecule has 3 N–H and O–H groups in total. The van der Waals surface area contributed by atoms with Crippen molar-refractivity contribution in [1.29, 1.82) is 0 Å². The van der Waals surface area contributed by atoms with Crippen molar-refractivity contribution in [2.45, 2.75) is 0 Å². The summed E-state index contributed by atoms with van der Waals surface area (Å²) in [5.74, 6) is 0. The Hall–Kier alpha value is -3.34. The van der Waals surface area contributed by atoms with Crippen molar-refractivity contribution in [2.24, 2.45) is 0 Å². The minimum atomic E-state index is -1.52. The summed E-state index contributed by atoms with van der Waals surface area (Å²) in [7, 11) is -1.52. The van der Waals surface area contributed by atoms with E-state index in [1.807, 2.05) is 42.5 Å². The Kier molecular flexibility index (Phi) is 4.01. The Bertz CT molecular complexity index is 1310. The van der Waals surface area contributed by atoms with E-state index in [0.29, 0.717) is 5.46 Å². The zero-order chi connectivity index (χ0) is 19.1. The quantitative estimate of drug-likeness (QED) is 0.418. The Balaban J connectivity index is 1.81. The molecule has 0 aliphatic heterocycles. The molecule has 0 amide bonds. The highest BCUT2D eigenvalue weighted by Gasteiger charge is 2.19. The van der Waals surface area contributed by atoms with E-state index in [4.69, 9.17) is 0 Å². The second-order valence-corrected chi connectivity index (χ2v) is 6.91. The van der Waals surface area contributed by atoms with Crippen molar-refractivity contribution in [3.05, 3.63) is 91.0 Å². The standard InChI is InChI=1S/C24H18BNO2/c27-25(28)22-14-5-3-10-18(22)16-8-1-2-9-17(16)20-12-7-13-21-19-11-4-6-15-23(19)26-24(20)21/h1-15,26-28H. The summed E-state index contributed by atoms with van der Waals surface area (Å²) in [6, 6.07) is 30.1. The van der Waals surface area contributed by atoms with Gasteiger partial charge in [-0.15, -0.1) is 0 Å². The maximum Gasteiger partial charge on any atom is 0.489 e. The lowest BCUT2D eigenvalue weighted by atomic mass is 9.74. The molecule has 0 saturated heterocycles. The third-order valence-electron chi connectivity index (χ3n) is 5.29. The normalized spacial score (nSPS) is 11.2. The molecule has 3 nitrogen and oxygen atoms in total. The molecule has 4 aromatic carbocycles. The van der Waals surface area contributed by atoms with Gasteiger partial charge in [0.25, 0.3) is 0 Å². The smallest absolute Gasteiger partial charge is 0.423 e. The van der Waals surface area contributed by atoms with Crippen LogP contribution in [0.2, 0.25) is 0 Å². The van der Waals surface area contributed by atoms with Crippen LogP contribution in [-0.4, -0.2) is 22.2 Å². The third kappa shape index (κ3) is 2.62. The molecule has 0 spiro atoms. The molecule has 0 bridgehead atoms. The molecule has 28 heavy (non-hydrogen) atoms. The number of benzene rings is 4. The Morgan fingerprint density at radius 3 is 1.89 bits per heavy atom. The van der Waals surface area contributed by atoms with Crippen molar-refractivity contribution in [1.82, 2.24) is 4.98 Å². The third-order valence-corrected chi connectivity index (χ3v) is 5.29. The molecular formula is C24H18BNO2. The maximum absolute atomic E-state index is 9.84. The molecule has 0 aliphatic carbocycles. The first-order chi connectivity index (χ1) is 13.7. The van der Waals surface area contributed by atoms with Crippen molar-refractivity contribution in [3.63, 3.8) is 0 Å². The van der Waals surface area contributed by atoms with E-state index in [2.05, 4.69) is 47.4 Å². The Morgan fingerprint density at radius 2 is 1.11 bits per heavy atom. The maximum atomic E-state index is 9.84. The zero-order valence-corrected chi connectivity index (χ0v) is 15.1. The molecule has 1 aromatic heterocycles. The number of hydrogen-bond donors (Lipinski definition) is 3. The van der Waals surface area contributed by atoms with Gasteiger partial charge in [0.05, 0.1) is 5.52 Å². The fourth-order valence-corrected chi connectivity index (χ4v) is 4.02. The number of aromatic nitrogens is 1. The fraction of sp³-hybridized carbons (Fsp3) is 0. The number of rotatable bonds is 3. The van der Waals surface area contributed by atoms with Crippen LogP contribution in [0.25, 0.3) is 44.1 Å². The minimum absolute atomic E-state index is 0.499. The number of nitrogens with one attached hydrogen (secondary N) is 1. The lowest BCUT2D eigenvalue weighted by Crippen LogP contribution is -2.31. The van der Waals surface area contributed by atoms with Gasteiger partial charge >= 0.3 is 7.12 Å². The van der Waals surface area contributed by atoms with Crippen molar-refractivity contribution < 1.29 is 10.0 Å². The summed E-state index contributed by atoms with van der Waals surface area (Å²) in [5.41, 5.74) is 6.61. The molecule has 5 rings (SSSR count). The topological polar surface area (TPSA) is 56.2 Å². The van der Waals surface area contributed by atoms with Crippen LogP contribution in [0.1, 0.15) is 0 Å². The van der Waals surface area contributed by atoms with Gasteiger partial charge in [-0.3, -0.25) is 0 Å². The van der Waals surface area contributed by atoms with Gasteiger partial charge in [0.1, 0.15) is 0 Å². The minimum Gasteiger partial charge on any atom is -0.423 e. The summed E-state index contributed by atoms with van der Waals surface area (Å²) in [4.78, 5) is 3.56. The van der Waals surface area contributed by atoms with E-state index in [-0.39, 0.29) is 0 Å². The van der Waals surface area contributed by atoms with Crippen molar-refractivity contribution in [3.8, 4) is 22.3 Å². The average molecular weight is 363 g/mol. The van der Waals surface area contributed by atoms with Crippen molar-refractivity contribution >= 4 is 34.4 Å². The van der Waals surface area contributed by atoms with Crippen LogP contribution in [-0.2, 0) is 0 Å². The predicted octanol–water partition coefficient (Wildman–Crippen LogP) is 4.33. The van der Waals surface area contributed by atoms with Crippen LogP contribution in [0.5, 0.6) is 0 Å². The highest BCUT2D eigenvalue weighted by molar-refractivity contribution is 6.60. The first kappa shape index (κ1) is 16.8. The lowest BCUT2D eigenvalue weighted by molar-refractivity contribution is 0.426. The number of para-hydroxylation sites is 2. The SMILES string of the molecule is OB(O)c1ccccc1-c1ccccc1-c1cccc2c1[nH]c1ccccc12. The lowest BCUT2D eigenvalue weighted by Gasteiger charge is -2.14. The van der Waals surface area contributed by atoms with Gasteiger partial charge in [-0.25, -0.2) is 0 Å². The highest BCUT2D eigenvalue weighted by Crippen LogP contribution is 2.37. The second-order valence-electron chi connectivity index (χ2n) is 6.91. The van der Waals surface area contributed by atoms with E-state index in [0.717, 1.165) is 33.3 Å². The van der Waals surface area contributed by atoms with Gasteiger partial charge in [-0.1, -0.05) is 84.9 Å². The van der Waals surface area contributed by atoms with Gasteiger partial charge < -0.3 is 15.0 Å². The van der Waals surface area contributed by atoms with Gasteiger partial charge in [0, 0.05) is 21.9 Å². The van der Waals surface area contributed by atoms with Gasteiger partial charge in [0.2, 0.25) is 0 Å². The molecule has 0 saturated carbocycles. The molecule has 134 valence electrons. The van der Waals surface area contributed by atoms with Crippen LogP contribution >= 0.6 is 0 Å². The van der Waals surface area contributed by atoms with E-state index >= 15 is 0 Å². The summed E-state index contributed by atoms with van der Waals surface area (Å²) < 4.78 is 0. The molecular weight excluding hydrogens is 345 g/mol. The largest absolute Gasteiger partial charge is 0.489 e. The van der Waals surface area contributed by atoms with Gasteiger partial charge in [-0.2, -0.15) is 0 Å². The monoisotopic (exact) mass is 363 g/mol. The van der Waals surface area contributed by atoms with Crippen LogP contribution < -0.4 is 5.46 Å². The molecule has 5 aromatic rings. The molecule has 1 heterocycles. The number of fused-ring (bicyclic) bond motifs is 3. The van der Waals surface area contributed by atoms with E-state index < -0.39 is 7.12 Å². The molecule has 4 heteroatoms. The van der Waals surface area contributed by atoms with E-state index in [1.54, 1.807) is 6.07 Å². The molecule has 0 fully saturated rings. The van der Waals surface area contributed by atoms with Crippen LogP contribution in [0.3, 0.4) is 0 Å². The molecule has 0 aliphatic rings. The fourth-order valence-electron chi connectivity index (χ4n) is 4.02. The summed E-state index contributed by atoms with van der Waals surface area (Å²) >= 11 is 0. The number of aromatic amines is 1. The molecule has 0 radical (unpaired) electrons. The summed E-state index contributed by atoms with van der Waals surface area (Å²) in [6.07, 6.45) is 0. The first-order valence-electron chi connectivity index (χ1n) is 9.28. The zero-order valence-electron chi connectivity index (χ0n) is 15.1. The molecule has 0 unspecified atom stereocenters. The van der Waals surface area contributed by atoms with Gasteiger partial charge in [-0.05, 0) is 28.2 Å². The van der Waals surface area contributed by atoms with Crippen LogP contribution in [0.15, 0.2) is 91.0 Å². The highest BCUT2D eigenvalue weighted by atomic mass is 16.4. The predicted molar refractivity (Wildman–Crippen MR) is 117 cm³/mol. The van der Waals surface area contributed by atoms with Crippen LogP contribution in [0, 0.1) is 0 Å². The second kappa shape index (κ2) is 6.68. The summed E-state index contributed by atoms with van der Waals surface area (Å²) in [6.45, 7) is 0. The van der Waals surface area contributed by atoms with E-state index in [9.17, 15) is 10.0 Å². The number of hydrogen-bond acceptors (Lipinski definition) is 2. The van der Waals surface area contributed by atoms with Crippen LogP contribution in [0.4, 0.5) is 0 Å². The number of H-pyrrole nitrogens is 1. The summed E-state index contributed by atoms with van der Waals surface area (Å²) in [5, 5.41) is 22.1. The Morgan fingerprint density at radius 1 is 0.536 bits per heavy atom. The average Bonchev–Trinajstić information content (AvgIpc) is 3.12. The Labute approximate surface area is 163 Å². The van der Waals surface area contributed by atoms with Gasteiger partial charge in [0.15, 0.2) is 0 Å².